The summed E-state index contributed by atoms with van der Waals surface area (Å²) in [5.41, 5.74) is 9.06. The average Bonchev–Trinajstić information content (AvgIpc) is 2.76. The van der Waals surface area contributed by atoms with Crippen LogP contribution in [0.1, 0.15) is 16.8 Å². The Kier molecular flexibility index (Phi) is 3.87. The molecular formula is C14H19N3O2S. The topological polar surface area (TPSA) is 77.1 Å². The van der Waals surface area contributed by atoms with Crippen LogP contribution in [0.4, 0.5) is 5.69 Å². The number of aromatic nitrogens is 1. The van der Waals surface area contributed by atoms with E-state index in [0.29, 0.717) is 12.2 Å². The van der Waals surface area contributed by atoms with Crippen LogP contribution in [0.2, 0.25) is 0 Å². The van der Waals surface area contributed by atoms with Gasteiger partial charge < -0.3 is 10.3 Å². The van der Waals surface area contributed by atoms with Gasteiger partial charge in [0.2, 0.25) is 0 Å². The van der Waals surface area contributed by atoms with Crippen molar-refractivity contribution in [1.82, 2.24) is 4.57 Å². The van der Waals surface area contributed by atoms with Gasteiger partial charge in [0.25, 0.3) is 10.0 Å². The van der Waals surface area contributed by atoms with Crippen molar-refractivity contribution in [3.63, 3.8) is 0 Å². The number of hydrogen-bond donors (Lipinski definition) is 2. The molecule has 108 valence electrons. The van der Waals surface area contributed by atoms with Gasteiger partial charge in [-0.05, 0) is 43.2 Å². The third-order valence-electron chi connectivity index (χ3n) is 3.36. The Balaban J connectivity index is 2.32. The first-order chi connectivity index (χ1) is 9.33. The van der Waals surface area contributed by atoms with Crippen LogP contribution < -0.4 is 10.5 Å². The number of aryl methyl sites for hydroxylation is 3. The lowest BCUT2D eigenvalue weighted by molar-refractivity contribution is 0.601. The SMILES string of the molecule is Cc1ccc(NS(=O)(=O)c2cc(CN)n(C)c2)cc1C. The van der Waals surface area contributed by atoms with Crippen LogP contribution in [0, 0.1) is 13.8 Å². The second-order valence-electron chi connectivity index (χ2n) is 4.89. The molecule has 20 heavy (non-hydrogen) atoms. The van der Waals surface area contributed by atoms with Gasteiger partial charge in [0.1, 0.15) is 4.90 Å². The van der Waals surface area contributed by atoms with Crippen molar-refractivity contribution in [3.8, 4) is 0 Å². The van der Waals surface area contributed by atoms with Crippen molar-refractivity contribution in [1.29, 1.82) is 0 Å². The maximum Gasteiger partial charge on any atom is 0.263 e. The van der Waals surface area contributed by atoms with Crippen molar-refractivity contribution < 1.29 is 8.42 Å². The summed E-state index contributed by atoms with van der Waals surface area (Å²) in [6.07, 6.45) is 1.56. The summed E-state index contributed by atoms with van der Waals surface area (Å²) in [5, 5.41) is 0. The molecule has 6 heteroatoms. The van der Waals surface area contributed by atoms with E-state index < -0.39 is 10.0 Å². The number of anilines is 1. The molecule has 2 rings (SSSR count). The van der Waals surface area contributed by atoms with Crippen LogP contribution in [-0.2, 0) is 23.6 Å². The zero-order valence-corrected chi connectivity index (χ0v) is 12.7. The summed E-state index contributed by atoms with van der Waals surface area (Å²) in [5.74, 6) is 0. The molecule has 0 aliphatic carbocycles. The molecule has 0 unspecified atom stereocenters. The Morgan fingerprint density at radius 1 is 1.20 bits per heavy atom. The quantitative estimate of drug-likeness (QED) is 0.904. The molecule has 0 bridgehead atoms. The lowest BCUT2D eigenvalue weighted by Gasteiger charge is -2.08. The van der Waals surface area contributed by atoms with Gasteiger partial charge in [0.05, 0.1) is 0 Å². The first kappa shape index (κ1) is 14.6. The average molecular weight is 293 g/mol. The van der Waals surface area contributed by atoms with E-state index in [9.17, 15) is 8.42 Å². The minimum Gasteiger partial charge on any atom is -0.352 e. The number of benzene rings is 1. The fourth-order valence-electron chi connectivity index (χ4n) is 1.95. The molecule has 0 amide bonds. The van der Waals surface area contributed by atoms with Crippen LogP contribution in [-0.4, -0.2) is 13.0 Å². The highest BCUT2D eigenvalue weighted by atomic mass is 32.2. The van der Waals surface area contributed by atoms with Crippen molar-refractivity contribution >= 4 is 15.7 Å². The summed E-state index contributed by atoms with van der Waals surface area (Å²) in [6.45, 7) is 4.23. The highest BCUT2D eigenvalue weighted by Gasteiger charge is 2.17. The molecule has 0 aliphatic heterocycles. The number of nitrogens with two attached hydrogens (primary N) is 1. The van der Waals surface area contributed by atoms with Crippen molar-refractivity contribution in [2.24, 2.45) is 12.8 Å². The van der Waals surface area contributed by atoms with Gasteiger partial charge >= 0.3 is 0 Å². The Morgan fingerprint density at radius 2 is 1.90 bits per heavy atom. The predicted octanol–water partition coefficient (Wildman–Crippen LogP) is 1.90. The summed E-state index contributed by atoms with van der Waals surface area (Å²) in [7, 11) is -1.81. The molecule has 1 heterocycles. The molecule has 1 aromatic heterocycles. The van der Waals surface area contributed by atoms with Crippen LogP contribution >= 0.6 is 0 Å². The molecule has 0 atom stereocenters. The lowest BCUT2D eigenvalue weighted by atomic mass is 10.1. The van der Waals surface area contributed by atoms with Crippen LogP contribution in [0.3, 0.4) is 0 Å². The van der Waals surface area contributed by atoms with Gasteiger partial charge in [-0.25, -0.2) is 8.42 Å². The molecule has 0 saturated carbocycles. The molecule has 0 fully saturated rings. The highest BCUT2D eigenvalue weighted by molar-refractivity contribution is 7.92. The fourth-order valence-corrected chi connectivity index (χ4v) is 3.09. The first-order valence-electron chi connectivity index (χ1n) is 6.29. The number of sulfonamides is 1. The Labute approximate surface area is 119 Å². The summed E-state index contributed by atoms with van der Waals surface area (Å²) in [6, 6.07) is 7.05. The maximum absolute atomic E-state index is 12.3. The van der Waals surface area contributed by atoms with E-state index in [1.807, 2.05) is 26.0 Å². The van der Waals surface area contributed by atoms with E-state index >= 15 is 0 Å². The number of rotatable bonds is 4. The zero-order chi connectivity index (χ0) is 14.9. The molecule has 0 radical (unpaired) electrons. The molecule has 0 saturated heterocycles. The lowest BCUT2D eigenvalue weighted by Crippen LogP contribution is -2.12. The number of nitrogens with zero attached hydrogens (tertiary/aromatic N) is 1. The summed E-state index contributed by atoms with van der Waals surface area (Å²) < 4.78 is 28.9. The van der Waals surface area contributed by atoms with Gasteiger partial charge in [0.15, 0.2) is 0 Å². The summed E-state index contributed by atoms with van der Waals surface area (Å²) in [4.78, 5) is 0.221. The smallest absolute Gasteiger partial charge is 0.263 e. The molecule has 1 aromatic carbocycles. The Hall–Kier alpha value is -1.79. The summed E-state index contributed by atoms with van der Waals surface area (Å²) >= 11 is 0. The standard InChI is InChI=1S/C14H19N3O2S/c1-10-4-5-12(6-11(10)2)16-20(18,19)14-7-13(8-15)17(3)9-14/h4-7,9,16H,8,15H2,1-3H3. The Morgan fingerprint density at radius 3 is 2.45 bits per heavy atom. The number of hydrogen-bond acceptors (Lipinski definition) is 3. The van der Waals surface area contributed by atoms with E-state index in [0.717, 1.165) is 16.8 Å². The molecular weight excluding hydrogens is 274 g/mol. The van der Waals surface area contributed by atoms with Crippen LogP contribution in [0.25, 0.3) is 0 Å². The van der Waals surface area contributed by atoms with E-state index in [-0.39, 0.29) is 4.90 Å². The molecule has 3 N–H and O–H groups in total. The van der Waals surface area contributed by atoms with Gasteiger partial charge in [-0.1, -0.05) is 6.07 Å². The second kappa shape index (κ2) is 5.30. The van der Waals surface area contributed by atoms with Gasteiger partial charge in [-0.2, -0.15) is 0 Å². The van der Waals surface area contributed by atoms with Gasteiger partial charge in [0, 0.05) is 31.2 Å². The monoisotopic (exact) mass is 293 g/mol. The third kappa shape index (κ3) is 2.86. The highest BCUT2D eigenvalue weighted by Crippen LogP contribution is 2.20. The number of nitrogens with one attached hydrogen (secondary N) is 1. The normalized spacial score (nSPS) is 11.6. The van der Waals surface area contributed by atoms with Crippen LogP contribution in [0.5, 0.6) is 0 Å². The molecule has 0 aliphatic rings. The van der Waals surface area contributed by atoms with Gasteiger partial charge in [-0.3, -0.25) is 4.72 Å². The Bertz CT molecular complexity index is 733. The first-order valence-corrected chi connectivity index (χ1v) is 7.77. The molecule has 2 aromatic rings. The van der Waals surface area contributed by atoms with E-state index in [4.69, 9.17) is 5.73 Å². The predicted molar refractivity (Wildman–Crippen MR) is 80.0 cm³/mol. The van der Waals surface area contributed by atoms with Crippen molar-refractivity contribution in [3.05, 3.63) is 47.3 Å². The van der Waals surface area contributed by atoms with E-state index in [1.165, 1.54) is 0 Å². The fraction of sp³-hybridized carbons (Fsp3) is 0.286. The second-order valence-corrected chi connectivity index (χ2v) is 6.57. The van der Waals surface area contributed by atoms with Crippen molar-refractivity contribution in [2.45, 2.75) is 25.3 Å². The molecule has 5 nitrogen and oxygen atoms in total. The maximum atomic E-state index is 12.3. The van der Waals surface area contributed by atoms with Crippen LogP contribution in [0.15, 0.2) is 35.4 Å². The molecule has 0 spiro atoms. The minimum absolute atomic E-state index is 0.221. The van der Waals surface area contributed by atoms with E-state index in [1.54, 1.807) is 29.9 Å². The largest absolute Gasteiger partial charge is 0.352 e. The van der Waals surface area contributed by atoms with E-state index in [2.05, 4.69) is 4.72 Å². The zero-order valence-electron chi connectivity index (χ0n) is 11.8. The van der Waals surface area contributed by atoms with Gasteiger partial charge in [-0.15, -0.1) is 0 Å². The third-order valence-corrected chi connectivity index (χ3v) is 4.71. The van der Waals surface area contributed by atoms with Crippen molar-refractivity contribution in [2.75, 3.05) is 4.72 Å². The minimum atomic E-state index is -3.58.